The number of hydrogen-bond donors (Lipinski definition) is 1. The summed E-state index contributed by atoms with van der Waals surface area (Å²) in [7, 11) is 0. The second-order valence-corrected chi connectivity index (χ2v) is 0.943. The molecule has 0 spiro atoms. The highest BCUT2D eigenvalue weighted by atomic mass is 16.3. The van der Waals surface area contributed by atoms with E-state index in [1.165, 1.54) is 12.4 Å². The first-order valence-electron chi connectivity index (χ1n) is 1.72. The third-order valence-electron chi connectivity index (χ3n) is 0.471. The van der Waals surface area contributed by atoms with Crippen LogP contribution in [0.15, 0.2) is 12.4 Å². The molecule has 0 fully saturated rings. The Balaban J connectivity index is 3.02. The largest absolute Gasteiger partial charge is 0.478 e. The molecule has 0 saturated heterocycles. The SMILES string of the molecule is Oc1nccnn1. The molecule has 0 bridgehead atoms. The molecule has 0 aliphatic heterocycles. The van der Waals surface area contributed by atoms with Gasteiger partial charge in [-0.15, -0.1) is 0 Å². The van der Waals surface area contributed by atoms with Gasteiger partial charge in [0.05, 0.1) is 12.4 Å². The van der Waals surface area contributed by atoms with E-state index in [4.69, 9.17) is 5.11 Å². The fourth-order valence-electron chi connectivity index (χ4n) is 0.241. The zero-order chi connectivity index (χ0) is 5.11. The van der Waals surface area contributed by atoms with Crippen molar-refractivity contribution in [2.24, 2.45) is 0 Å². The van der Waals surface area contributed by atoms with E-state index < -0.39 is 0 Å². The van der Waals surface area contributed by atoms with E-state index in [1.54, 1.807) is 0 Å². The first-order valence-corrected chi connectivity index (χ1v) is 1.72. The molecule has 4 heteroatoms. The maximum absolute atomic E-state index is 8.35. The summed E-state index contributed by atoms with van der Waals surface area (Å²) in [4.78, 5) is 3.36. The maximum atomic E-state index is 8.35. The van der Waals surface area contributed by atoms with Gasteiger partial charge < -0.3 is 5.11 Å². The van der Waals surface area contributed by atoms with E-state index in [0.29, 0.717) is 0 Å². The van der Waals surface area contributed by atoms with Crippen LogP contribution in [0.3, 0.4) is 0 Å². The lowest BCUT2D eigenvalue weighted by molar-refractivity contribution is 0.421. The normalized spacial score (nSPS) is 8.57. The predicted octanol–water partition coefficient (Wildman–Crippen LogP) is -0.423. The molecule has 0 amide bonds. The van der Waals surface area contributed by atoms with Crippen molar-refractivity contribution in [3.8, 4) is 6.01 Å². The van der Waals surface area contributed by atoms with E-state index in [0.717, 1.165) is 0 Å². The molecule has 0 unspecified atom stereocenters. The summed E-state index contributed by atoms with van der Waals surface area (Å²) in [6.45, 7) is 0. The summed E-state index contributed by atoms with van der Waals surface area (Å²) >= 11 is 0. The van der Waals surface area contributed by atoms with Gasteiger partial charge in [-0.05, 0) is 0 Å². The van der Waals surface area contributed by atoms with E-state index in [1.807, 2.05) is 0 Å². The topological polar surface area (TPSA) is 58.9 Å². The third-order valence-corrected chi connectivity index (χ3v) is 0.471. The fraction of sp³-hybridized carbons (Fsp3) is 0. The molecule has 0 aliphatic carbocycles. The van der Waals surface area contributed by atoms with Gasteiger partial charge in [-0.2, -0.15) is 5.10 Å². The predicted molar refractivity (Wildman–Crippen MR) is 21.5 cm³/mol. The molecule has 0 aromatic carbocycles. The van der Waals surface area contributed by atoms with Crippen molar-refractivity contribution < 1.29 is 5.11 Å². The van der Waals surface area contributed by atoms with Gasteiger partial charge in [0, 0.05) is 0 Å². The van der Waals surface area contributed by atoms with Crippen molar-refractivity contribution in [3.63, 3.8) is 0 Å². The highest BCUT2D eigenvalue weighted by Crippen LogP contribution is 1.86. The van der Waals surface area contributed by atoms with Crippen LogP contribution in [0.5, 0.6) is 6.01 Å². The van der Waals surface area contributed by atoms with Crippen LogP contribution in [0.25, 0.3) is 0 Å². The Bertz CT molecular complexity index is 140. The quantitative estimate of drug-likeness (QED) is 0.477. The number of rotatable bonds is 0. The van der Waals surface area contributed by atoms with Crippen molar-refractivity contribution in [2.75, 3.05) is 0 Å². The summed E-state index contributed by atoms with van der Waals surface area (Å²) in [6, 6.07) is -0.289. The molecular weight excluding hydrogens is 94.1 g/mol. The molecule has 0 aliphatic rings. The van der Waals surface area contributed by atoms with Gasteiger partial charge in [0.1, 0.15) is 0 Å². The average Bonchev–Trinajstić information content (AvgIpc) is 1.69. The van der Waals surface area contributed by atoms with Crippen molar-refractivity contribution in [1.82, 2.24) is 15.2 Å². The summed E-state index contributed by atoms with van der Waals surface area (Å²) in [5.41, 5.74) is 0. The second kappa shape index (κ2) is 1.51. The molecule has 1 aromatic rings. The van der Waals surface area contributed by atoms with Crippen LogP contribution in [0, 0.1) is 0 Å². The van der Waals surface area contributed by atoms with Crippen molar-refractivity contribution in [2.45, 2.75) is 0 Å². The number of aromatic nitrogens is 3. The maximum Gasteiger partial charge on any atom is 0.333 e. The molecule has 36 valence electrons. The average molecular weight is 97.1 g/mol. The fourth-order valence-corrected chi connectivity index (χ4v) is 0.241. The molecule has 4 nitrogen and oxygen atoms in total. The lowest BCUT2D eigenvalue weighted by Gasteiger charge is -1.79. The number of hydrogen-bond acceptors (Lipinski definition) is 4. The first kappa shape index (κ1) is 3.98. The van der Waals surface area contributed by atoms with Gasteiger partial charge in [-0.3, -0.25) is 0 Å². The molecule has 7 heavy (non-hydrogen) atoms. The third kappa shape index (κ3) is 0.819. The molecule has 1 aromatic heterocycles. The van der Waals surface area contributed by atoms with Gasteiger partial charge in [0.15, 0.2) is 0 Å². The minimum atomic E-state index is -0.289. The van der Waals surface area contributed by atoms with Crippen molar-refractivity contribution in [1.29, 1.82) is 0 Å². The van der Waals surface area contributed by atoms with Gasteiger partial charge in [-0.25, -0.2) is 4.98 Å². The summed E-state index contributed by atoms with van der Waals surface area (Å²) < 4.78 is 0. The Kier molecular flexibility index (Phi) is 0.856. The van der Waals surface area contributed by atoms with Crippen LogP contribution in [-0.4, -0.2) is 20.3 Å². The molecule has 1 rings (SSSR count). The summed E-state index contributed by atoms with van der Waals surface area (Å²) in [5.74, 6) is 0. The van der Waals surface area contributed by atoms with Crippen LogP contribution < -0.4 is 0 Å². The van der Waals surface area contributed by atoms with Crippen molar-refractivity contribution >= 4 is 0 Å². The van der Waals surface area contributed by atoms with Crippen LogP contribution in [0.1, 0.15) is 0 Å². The lowest BCUT2D eigenvalue weighted by atomic mass is 10.9. The van der Waals surface area contributed by atoms with Crippen LogP contribution >= 0.6 is 0 Å². The first-order chi connectivity index (χ1) is 3.39. The molecule has 0 atom stereocenters. The highest BCUT2D eigenvalue weighted by Gasteiger charge is 1.79. The van der Waals surface area contributed by atoms with Gasteiger partial charge in [0.2, 0.25) is 0 Å². The highest BCUT2D eigenvalue weighted by molar-refractivity contribution is 4.81. The van der Waals surface area contributed by atoms with E-state index in [2.05, 4.69) is 15.2 Å². The number of nitrogens with zero attached hydrogens (tertiary/aromatic N) is 3. The molecule has 0 saturated carbocycles. The van der Waals surface area contributed by atoms with E-state index >= 15 is 0 Å². The molecule has 0 radical (unpaired) electrons. The zero-order valence-electron chi connectivity index (χ0n) is 3.44. The minimum absolute atomic E-state index is 0.289. The van der Waals surface area contributed by atoms with E-state index in [-0.39, 0.29) is 6.01 Å². The van der Waals surface area contributed by atoms with Crippen LogP contribution in [-0.2, 0) is 0 Å². The molecule has 1 heterocycles. The standard InChI is InChI=1S/C3H3N3O/c7-3-4-1-2-5-6-3/h1-2H,(H,4,6,7). The number of aromatic hydroxyl groups is 1. The van der Waals surface area contributed by atoms with Gasteiger partial charge >= 0.3 is 6.01 Å². The monoisotopic (exact) mass is 97.0 g/mol. The summed E-state index contributed by atoms with van der Waals surface area (Å²) in [5, 5.41) is 14.8. The van der Waals surface area contributed by atoms with Gasteiger partial charge in [0.25, 0.3) is 0 Å². The van der Waals surface area contributed by atoms with Gasteiger partial charge in [-0.1, -0.05) is 5.10 Å². The Morgan fingerprint density at radius 2 is 2.29 bits per heavy atom. The minimum Gasteiger partial charge on any atom is -0.478 e. The van der Waals surface area contributed by atoms with E-state index in [9.17, 15) is 0 Å². The second-order valence-electron chi connectivity index (χ2n) is 0.943. The Labute approximate surface area is 39.9 Å². The zero-order valence-corrected chi connectivity index (χ0v) is 3.44. The summed E-state index contributed by atoms with van der Waals surface area (Å²) in [6.07, 6.45) is 2.75. The Morgan fingerprint density at radius 1 is 1.43 bits per heavy atom. The Morgan fingerprint density at radius 3 is 2.57 bits per heavy atom. The van der Waals surface area contributed by atoms with Crippen LogP contribution in [0.4, 0.5) is 0 Å². The van der Waals surface area contributed by atoms with Crippen LogP contribution in [0.2, 0.25) is 0 Å². The smallest absolute Gasteiger partial charge is 0.333 e. The Hall–Kier alpha value is -1.19. The molecular formula is C3H3N3O. The van der Waals surface area contributed by atoms with Crippen molar-refractivity contribution in [3.05, 3.63) is 12.4 Å². The molecule has 1 N–H and O–H groups in total. The lowest BCUT2D eigenvalue weighted by Crippen LogP contribution is -1.80.